The molecule has 1 aromatic heterocycles. The maximum Gasteiger partial charge on any atom is 0.0456 e. The number of hydrogen-bond acceptors (Lipinski definition) is 1. The molecule has 0 aliphatic rings. The van der Waals surface area contributed by atoms with Crippen LogP contribution in [-0.4, -0.2) is 11.0 Å². The van der Waals surface area contributed by atoms with E-state index in [1.54, 1.807) is 0 Å². The van der Waals surface area contributed by atoms with Crippen LogP contribution in [0.3, 0.4) is 0 Å². The molecule has 2 nitrogen and oxygen atoms in total. The second-order valence-corrected chi connectivity index (χ2v) is 5.33. The fourth-order valence-corrected chi connectivity index (χ4v) is 2.59. The molecule has 1 atom stereocenters. The SMILES string of the molecule is C[C@H](Cc1c[nH]c2ccccc12)NCc1ccccc1. The highest BCUT2D eigenvalue weighted by Crippen LogP contribution is 2.19. The average Bonchev–Trinajstić information content (AvgIpc) is 2.90. The van der Waals surface area contributed by atoms with Crippen molar-refractivity contribution >= 4 is 10.9 Å². The van der Waals surface area contributed by atoms with Gasteiger partial charge in [0.2, 0.25) is 0 Å². The summed E-state index contributed by atoms with van der Waals surface area (Å²) in [5.41, 5.74) is 3.93. The number of hydrogen-bond donors (Lipinski definition) is 2. The van der Waals surface area contributed by atoms with Crippen LogP contribution in [0.25, 0.3) is 10.9 Å². The van der Waals surface area contributed by atoms with Gasteiger partial charge in [0.1, 0.15) is 0 Å². The van der Waals surface area contributed by atoms with Gasteiger partial charge in [0.15, 0.2) is 0 Å². The molecule has 0 aliphatic heterocycles. The summed E-state index contributed by atoms with van der Waals surface area (Å²) in [7, 11) is 0. The summed E-state index contributed by atoms with van der Waals surface area (Å²) in [6, 6.07) is 19.5. The molecule has 0 amide bonds. The molecule has 0 saturated carbocycles. The molecule has 0 spiro atoms. The third-order valence-electron chi connectivity index (χ3n) is 3.70. The summed E-state index contributed by atoms with van der Waals surface area (Å²) in [5.74, 6) is 0. The number of aromatic amines is 1. The zero-order valence-corrected chi connectivity index (χ0v) is 11.8. The van der Waals surface area contributed by atoms with Crippen molar-refractivity contribution in [2.75, 3.05) is 0 Å². The van der Waals surface area contributed by atoms with Gasteiger partial charge in [0, 0.05) is 29.7 Å². The predicted octanol–water partition coefficient (Wildman–Crippen LogP) is 3.89. The summed E-state index contributed by atoms with van der Waals surface area (Å²) in [5, 5.41) is 4.92. The molecule has 0 radical (unpaired) electrons. The van der Waals surface area contributed by atoms with Crippen LogP contribution in [0.2, 0.25) is 0 Å². The van der Waals surface area contributed by atoms with Crippen molar-refractivity contribution in [3.05, 3.63) is 71.9 Å². The van der Waals surface area contributed by atoms with Crippen LogP contribution in [0.15, 0.2) is 60.8 Å². The quantitative estimate of drug-likeness (QED) is 0.719. The van der Waals surface area contributed by atoms with Gasteiger partial charge in [-0.3, -0.25) is 0 Å². The third kappa shape index (κ3) is 2.91. The second-order valence-electron chi connectivity index (χ2n) is 5.33. The molecule has 0 aliphatic carbocycles. The van der Waals surface area contributed by atoms with Gasteiger partial charge in [0.05, 0.1) is 0 Å². The lowest BCUT2D eigenvalue weighted by molar-refractivity contribution is 0.547. The number of rotatable bonds is 5. The number of aromatic nitrogens is 1. The van der Waals surface area contributed by atoms with Gasteiger partial charge in [-0.05, 0) is 30.5 Å². The van der Waals surface area contributed by atoms with E-state index in [0.29, 0.717) is 6.04 Å². The van der Waals surface area contributed by atoms with Gasteiger partial charge >= 0.3 is 0 Å². The molecule has 3 aromatic rings. The largest absolute Gasteiger partial charge is 0.361 e. The minimum Gasteiger partial charge on any atom is -0.361 e. The smallest absolute Gasteiger partial charge is 0.0456 e. The molecule has 3 rings (SSSR count). The topological polar surface area (TPSA) is 27.8 Å². The lowest BCUT2D eigenvalue weighted by Gasteiger charge is -2.13. The molecule has 2 heteroatoms. The molecular formula is C18H20N2. The van der Waals surface area contributed by atoms with E-state index in [9.17, 15) is 0 Å². The maximum atomic E-state index is 3.59. The molecule has 102 valence electrons. The van der Waals surface area contributed by atoms with Gasteiger partial charge in [-0.1, -0.05) is 48.5 Å². The Hall–Kier alpha value is -2.06. The van der Waals surface area contributed by atoms with Crippen molar-refractivity contribution in [2.24, 2.45) is 0 Å². The van der Waals surface area contributed by atoms with Crippen LogP contribution >= 0.6 is 0 Å². The Balaban J connectivity index is 1.63. The third-order valence-corrected chi connectivity index (χ3v) is 3.70. The highest BCUT2D eigenvalue weighted by Gasteiger charge is 2.07. The van der Waals surface area contributed by atoms with E-state index >= 15 is 0 Å². The van der Waals surface area contributed by atoms with Crippen molar-refractivity contribution in [1.29, 1.82) is 0 Å². The fourth-order valence-electron chi connectivity index (χ4n) is 2.59. The van der Waals surface area contributed by atoms with E-state index in [2.05, 4.69) is 78.0 Å². The van der Waals surface area contributed by atoms with E-state index in [1.807, 2.05) is 0 Å². The molecule has 0 fully saturated rings. The van der Waals surface area contributed by atoms with Crippen molar-refractivity contribution in [3.63, 3.8) is 0 Å². The summed E-state index contributed by atoms with van der Waals surface area (Å²) in [6.07, 6.45) is 3.17. The first-order valence-electron chi connectivity index (χ1n) is 7.15. The first kappa shape index (κ1) is 12.9. The fraction of sp³-hybridized carbons (Fsp3) is 0.222. The lowest BCUT2D eigenvalue weighted by atomic mass is 10.1. The van der Waals surface area contributed by atoms with Crippen LogP contribution in [0.4, 0.5) is 0 Å². The molecule has 2 N–H and O–H groups in total. The Kier molecular flexibility index (Phi) is 3.84. The Labute approximate surface area is 119 Å². The predicted molar refractivity (Wildman–Crippen MR) is 84.7 cm³/mol. The second kappa shape index (κ2) is 5.93. The van der Waals surface area contributed by atoms with Gasteiger partial charge < -0.3 is 10.3 Å². The number of nitrogens with one attached hydrogen (secondary N) is 2. The van der Waals surface area contributed by atoms with E-state index in [1.165, 1.54) is 22.0 Å². The Morgan fingerprint density at radius 2 is 1.75 bits per heavy atom. The number of benzene rings is 2. The molecule has 0 bridgehead atoms. The monoisotopic (exact) mass is 264 g/mol. The minimum atomic E-state index is 0.453. The van der Waals surface area contributed by atoms with Crippen LogP contribution in [-0.2, 0) is 13.0 Å². The van der Waals surface area contributed by atoms with Gasteiger partial charge in [-0.25, -0.2) is 0 Å². The van der Waals surface area contributed by atoms with Gasteiger partial charge in [0.25, 0.3) is 0 Å². The maximum absolute atomic E-state index is 3.59. The summed E-state index contributed by atoms with van der Waals surface area (Å²) >= 11 is 0. The standard InChI is InChI=1S/C18H20N2/c1-14(19-12-15-7-3-2-4-8-15)11-16-13-20-18-10-6-5-9-17(16)18/h2-10,13-14,19-20H,11-12H2,1H3/t14-/m1/s1. The molecular weight excluding hydrogens is 244 g/mol. The molecule has 2 aromatic carbocycles. The van der Waals surface area contributed by atoms with E-state index in [-0.39, 0.29) is 0 Å². The zero-order chi connectivity index (χ0) is 13.8. The summed E-state index contributed by atoms with van der Waals surface area (Å²) < 4.78 is 0. The first-order chi connectivity index (χ1) is 9.83. The number of H-pyrrole nitrogens is 1. The van der Waals surface area contributed by atoms with Crippen LogP contribution < -0.4 is 5.32 Å². The van der Waals surface area contributed by atoms with E-state index in [4.69, 9.17) is 0 Å². The van der Waals surface area contributed by atoms with Crippen LogP contribution in [0.5, 0.6) is 0 Å². The number of para-hydroxylation sites is 1. The van der Waals surface area contributed by atoms with Crippen molar-refractivity contribution in [1.82, 2.24) is 10.3 Å². The normalized spacial score (nSPS) is 12.7. The minimum absolute atomic E-state index is 0.453. The highest BCUT2D eigenvalue weighted by molar-refractivity contribution is 5.83. The Morgan fingerprint density at radius 3 is 2.60 bits per heavy atom. The molecule has 0 saturated heterocycles. The van der Waals surface area contributed by atoms with E-state index < -0.39 is 0 Å². The van der Waals surface area contributed by atoms with Crippen LogP contribution in [0, 0.1) is 0 Å². The van der Waals surface area contributed by atoms with E-state index in [0.717, 1.165) is 13.0 Å². The van der Waals surface area contributed by atoms with Crippen molar-refractivity contribution < 1.29 is 0 Å². The van der Waals surface area contributed by atoms with Crippen molar-refractivity contribution in [2.45, 2.75) is 25.9 Å². The molecule has 1 heterocycles. The highest BCUT2D eigenvalue weighted by atomic mass is 14.9. The lowest BCUT2D eigenvalue weighted by Crippen LogP contribution is -2.27. The summed E-state index contributed by atoms with van der Waals surface area (Å²) in [6.45, 7) is 3.16. The molecule has 0 unspecified atom stereocenters. The molecule has 20 heavy (non-hydrogen) atoms. The first-order valence-corrected chi connectivity index (χ1v) is 7.15. The zero-order valence-electron chi connectivity index (χ0n) is 11.8. The average molecular weight is 264 g/mol. The Morgan fingerprint density at radius 1 is 1.00 bits per heavy atom. The van der Waals surface area contributed by atoms with Crippen LogP contribution in [0.1, 0.15) is 18.1 Å². The Bertz CT molecular complexity index is 670. The summed E-state index contributed by atoms with van der Waals surface area (Å²) in [4.78, 5) is 3.34. The van der Waals surface area contributed by atoms with Crippen molar-refractivity contribution in [3.8, 4) is 0 Å². The number of fused-ring (bicyclic) bond motifs is 1. The van der Waals surface area contributed by atoms with Gasteiger partial charge in [-0.2, -0.15) is 0 Å². The van der Waals surface area contributed by atoms with Gasteiger partial charge in [-0.15, -0.1) is 0 Å².